The normalized spacial score (nSPS) is 21.5. The van der Waals surface area contributed by atoms with Gasteiger partial charge in [-0.25, -0.2) is 0 Å². The van der Waals surface area contributed by atoms with Crippen molar-refractivity contribution in [3.63, 3.8) is 0 Å². The Bertz CT molecular complexity index is 936. The van der Waals surface area contributed by atoms with E-state index in [2.05, 4.69) is 0 Å². The Morgan fingerprint density at radius 1 is 0.815 bits per heavy atom. The molecular weight excluding hydrogens is 352 g/mol. The van der Waals surface area contributed by atoms with Gasteiger partial charge in [0.25, 0.3) is 23.6 Å². The molecule has 0 spiro atoms. The molecule has 2 aromatic carbocycles. The van der Waals surface area contributed by atoms with Crippen LogP contribution in [0.3, 0.4) is 0 Å². The number of carbonyl (C=O) groups is 4. The molecule has 8 nitrogen and oxygen atoms in total. The van der Waals surface area contributed by atoms with Crippen LogP contribution in [0.15, 0.2) is 54.6 Å². The molecule has 27 heavy (non-hydrogen) atoms. The Balaban J connectivity index is 1.76. The fraction of sp³-hybridized carbons (Fsp3) is 0.158. The Morgan fingerprint density at radius 3 is 1.85 bits per heavy atom. The summed E-state index contributed by atoms with van der Waals surface area (Å²) in [7, 11) is 0. The van der Waals surface area contributed by atoms with E-state index in [0.717, 1.165) is 4.90 Å². The highest BCUT2D eigenvalue weighted by Gasteiger charge is 2.59. The molecule has 4 amide bonds. The van der Waals surface area contributed by atoms with Crippen molar-refractivity contribution in [3.8, 4) is 0 Å². The van der Waals surface area contributed by atoms with E-state index >= 15 is 0 Å². The second-order valence-corrected chi connectivity index (χ2v) is 6.25. The van der Waals surface area contributed by atoms with Gasteiger partial charge in [-0.2, -0.15) is 0 Å². The predicted molar refractivity (Wildman–Crippen MR) is 90.0 cm³/mol. The minimum absolute atomic E-state index is 0.189. The second-order valence-electron chi connectivity index (χ2n) is 6.25. The van der Waals surface area contributed by atoms with Crippen LogP contribution in [-0.2, 0) is 9.59 Å². The maximum absolute atomic E-state index is 12.7. The lowest BCUT2D eigenvalue weighted by Crippen LogP contribution is -2.69. The molecule has 2 atom stereocenters. The Morgan fingerprint density at radius 2 is 1.33 bits per heavy atom. The third-order valence-electron chi connectivity index (χ3n) is 4.77. The van der Waals surface area contributed by atoms with Crippen LogP contribution in [0, 0.1) is 0 Å². The molecule has 2 heterocycles. The third-order valence-corrected chi connectivity index (χ3v) is 4.77. The number of β-lactam (4-membered cyclic amide) rings is 1. The van der Waals surface area contributed by atoms with Crippen molar-refractivity contribution in [3.05, 3.63) is 71.3 Å². The lowest BCUT2D eigenvalue weighted by atomic mass is 9.87. The number of rotatable bonds is 3. The summed E-state index contributed by atoms with van der Waals surface area (Å²) in [6, 6.07) is 12.3. The SMILES string of the molecule is O=C1c2ccccc2C(=O)N1[C@H]1C(=O)N(C(=O)C(O)O)[C@H]1c1ccccc1. The van der Waals surface area contributed by atoms with Crippen molar-refractivity contribution in [2.24, 2.45) is 0 Å². The van der Waals surface area contributed by atoms with Gasteiger partial charge in [0, 0.05) is 0 Å². The van der Waals surface area contributed by atoms with Gasteiger partial charge in [0.2, 0.25) is 6.29 Å². The Kier molecular flexibility index (Phi) is 3.87. The molecule has 2 aliphatic heterocycles. The van der Waals surface area contributed by atoms with Gasteiger partial charge < -0.3 is 10.2 Å². The van der Waals surface area contributed by atoms with Crippen molar-refractivity contribution < 1.29 is 29.4 Å². The molecule has 0 saturated carbocycles. The van der Waals surface area contributed by atoms with E-state index in [4.69, 9.17) is 0 Å². The maximum Gasteiger partial charge on any atom is 0.286 e. The summed E-state index contributed by atoms with van der Waals surface area (Å²) in [5.74, 6) is -3.28. The van der Waals surface area contributed by atoms with E-state index in [1.165, 1.54) is 12.1 Å². The fourth-order valence-electron chi connectivity index (χ4n) is 3.54. The molecular formula is C19H14N2O6. The van der Waals surface area contributed by atoms with Crippen LogP contribution < -0.4 is 0 Å². The predicted octanol–water partition coefficient (Wildman–Crippen LogP) is 0.0720. The molecule has 0 aliphatic carbocycles. The summed E-state index contributed by atoms with van der Waals surface area (Å²) in [4.78, 5) is 51.7. The molecule has 1 fully saturated rings. The summed E-state index contributed by atoms with van der Waals surface area (Å²) in [5.41, 5.74) is 0.871. The minimum atomic E-state index is -2.37. The number of amides is 4. The van der Waals surface area contributed by atoms with Gasteiger partial charge in [-0.3, -0.25) is 29.0 Å². The fourth-order valence-corrected chi connectivity index (χ4v) is 3.54. The largest absolute Gasteiger partial charge is 0.361 e. The number of carbonyl (C=O) groups excluding carboxylic acids is 4. The highest BCUT2D eigenvalue weighted by atomic mass is 16.5. The molecule has 2 N–H and O–H groups in total. The van der Waals surface area contributed by atoms with Crippen LogP contribution in [-0.4, -0.2) is 56.0 Å². The van der Waals surface area contributed by atoms with E-state index in [-0.39, 0.29) is 11.1 Å². The van der Waals surface area contributed by atoms with Crippen LogP contribution in [0.1, 0.15) is 32.3 Å². The average Bonchev–Trinajstić information content (AvgIpc) is 2.92. The van der Waals surface area contributed by atoms with Crippen LogP contribution in [0.4, 0.5) is 0 Å². The number of hydrogen-bond donors (Lipinski definition) is 2. The highest BCUT2D eigenvalue weighted by molar-refractivity contribution is 6.24. The number of aliphatic hydroxyl groups excluding tert-OH is 1. The van der Waals surface area contributed by atoms with Crippen molar-refractivity contribution in [1.82, 2.24) is 9.80 Å². The maximum atomic E-state index is 12.7. The minimum Gasteiger partial charge on any atom is -0.361 e. The Hall–Kier alpha value is -3.36. The summed E-state index contributed by atoms with van der Waals surface area (Å²) in [6.07, 6.45) is -2.37. The zero-order chi connectivity index (χ0) is 19.3. The third kappa shape index (κ3) is 2.38. The summed E-state index contributed by atoms with van der Waals surface area (Å²) < 4.78 is 0. The van der Waals surface area contributed by atoms with Crippen LogP contribution in [0.2, 0.25) is 0 Å². The molecule has 0 radical (unpaired) electrons. The zero-order valence-corrected chi connectivity index (χ0v) is 13.9. The van der Waals surface area contributed by atoms with Gasteiger partial charge in [-0.15, -0.1) is 0 Å². The van der Waals surface area contributed by atoms with Crippen molar-refractivity contribution >= 4 is 23.6 Å². The number of aliphatic hydroxyl groups is 2. The summed E-state index contributed by atoms with van der Waals surface area (Å²) in [6.45, 7) is 0. The van der Waals surface area contributed by atoms with E-state index in [1.54, 1.807) is 42.5 Å². The molecule has 4 rings (SSSR count). The summed E-state index contributed by atoms with van der Waals surface area (Å²) >= 11 is 0. The van der Waals surface area contributed by atoms with Crippen molar-refractivity contribution in [2.45, 2.75) is 18.4 Å². The number of imide groups is 2. The van der Waals surface area contributed by atoms with Gasteiger partial charge in [0.1, 0.15) is 6.04 Å². The van der Waals surface area contributed by atoms with Gasteiger partial charge in [0.05, 0.1) is 17.2 Å². The smallest absolute Gasteiger partial charge is 0.286 e. The van der Waals surface area contributed by atoms with Gasteiger partial charge in [-0.05, 0) is 17.7 Å². The number of benzene rings is 2. The highest BCUT2D eigenvalue weighted by Crippen LogP contribution is 2.41. The number of nitrogens with zero attached hydrogens (tertiary/aromatic N) is 2. The molecule has 0 bridgehead atoms. The average molecular weight is 366 g/mol. The Labute approximate surface area is 153 Å². The number of likely N-dealkylation sites (tertiary alicyclic amines) is 1. The number of fused-ring (bicyclic) bond motifs is 1. The lowest BCUT2D eigenvalue weighted by Gasteiger charge is -2.48. The first-order valence-electron chi connectivity index (χ1n) is 8.18. The topological polar surface area (TPSA) is 115 Å². The number of hydrogen-bond acceptors (Lipinski definition) is 6. The molecule has 0 aromatic heterocycles. The first-order chi connectivity index (χ1) is 12.9. The van der Waals surface area contributed by atoms with Crippen LogP contribution in [0.25, 0.3) is 0 Å². The van der Waals surface area contributed by atoms with Crippen LogP contribution in [0.5, 0.6) is 0 Å². The first-order valence-corrected chi connectivity index (χ1v) is 8.18. The van der Waals surface area contributed by atoms with Crippen molar-refractivity contribution in [2.75, 3.05) is 0 Å². The van der Waals surface area contributed by atoms with Crippen molar-refractivity contribution in [1.29, 1.82) is 0 Å². The van der Waals surface area contributed by atoms with E-state index in [9.17, 15) is 29.4 Å². The molecule has 1 saturated heterocycles. The molecule has 2 aromatic rings. The molecule has 136 valence electrons. The van der Waals surface area contributed by atoms with E-state index in [0.29, 0.717) is 10.5 Å². The quantitative estimate of drug-likeness (QED) is 0.451. The zero-order valence-electron chi connectivity index (χ0n) is 13.9. The van der Waals surface area contributed by atoms with Gasteiger partial charge >= 0.3 is 0 Å². The van der Waals surface area contributed by atoms with Gasteiger partial charge in [-0.1, -0.05) is 42.5 Å². The summed E-state index contributed by atoms with van der Waals surface area (Å²) in [5, 5.41) is 18.4. The van der Waals surface area contributed by atoms with E-state index < -0.39 is 42.0 Å². The van der Waals surface area contributed by atoms with Crippen LogP contribution >= 0.6 is 0 Å². The molecule has 8 heteroatoms. The second kappa shape index (κ2) is 6.11. The molecule has 0 unspecified atom stereocenters. The van der Waals surface area contributed by atoms with E-state index in [1.807, 2.05) is 0 Å². The lowest BCUT2D eigenvalue weighted by molar-refractivity contribution is -0.181. The monoisotopic (exact) mass is 366 g/mol. The molecule has 2 aliphatic rings. The first kappa shape index (κ1) is 17.1. The standard InChI is InChI=1S/C19H14N2O6/c22-15-11-8-4-5-9-12(11)16(23)21(15)14-13(10-6-2-1-3-7-10)20(17(14)24)18(25)19(26)27/h1-9,13-14,19,26-27H/t13-,14+/m0/s1. The van der Waals surface area contributed by atoms with Gasteiger partial charge in [0.15, 0.2) is 0 Å².